The molecular weight excluding hydrogens is 396 g/mol. The molecular formula is C20H22N2O4S2. The van der Waals surface area contributed by atoms with Crippen molar-refractivity contribution in [3.8, 4) is 0 Å². The van der Waals surface area contributed by atoms with Gasteiger partial charge in [-0.25, -0.2) is 27.1 Å². The molecule has 0 heterocycles. The quantitative estimate of drug-likeness (QED) is 0.736. The number of primary sulfonamides is 2. The van der Waals surface area contributed by atoms with Gasteiger partial charge in [-0.2, -0.15) is 0 Å². The first-order valence-electron chi connectivity index (χ1n) is 8.67. The van der Waals surface area contributed by atoms with Crippen molar-refractivity contribution in [2.24, 2.45) is 22.1 Å². The Labute approximate surface area is 165 Å². The summed E-state index contributed by atoms with van der Waals surface area (Å²) in [7, 11) is -7.56. The average Bonchev–Trinajstić information content (AvgIpc) is 2.61. The van der Waals surface area contributed by atoms with Crippen LogP contribution >= 0.6 is 0 Å². The van der Waals surface area contributed by atoms with Crippen molar-refractivity contribution in [2.45, 2.75) is 13.8 Å². The molecule has 0 aliphatic heterocycles. The first kappa shape index (κ1) is 20.5. The van der Waals surface area contributed by atoms with Gasteiger partial charge in [0.05, 0.1) is 9.81 Å². The Hall–Kier alpha value is -2.26. The van der Waals surface area contributed by atoms with Crippen LogP contribution in [0.15, 0.2) is 70.5 Å². The van der Waals surface area contributed by atoms with Crippen molar-refractivity contribution in [3.05, 3.63) is 81.0 Å². The van der Waals surface area contributed by atoms with Crippen molar-refractivity contribution < 1.29 is 16.8 Å². The minimum atomic E-state index is -3.78. The molecule has 148 valence electrons. The highest BCUT2D eigenvalue weighted by Gasteiger charge is 2.18. The Morgan fingerprint density at radius 1 is 0.679 bits per heavy atom. The Morgan fingerprint density at radius 3 is 1.29 bits per heavy atom. The Morgan fingerprint density at radius 2 is 1.00 bits per heavy atom. The molecule has 0 bridgehead atoms. The number of nitrogens with two attached hydrogens (primary N) is 2. The van der Waals surface area contributed by atoms with Crippen LogP contribution in [0, 0.1) is 11.8 Å². The highest BCUT2D eigenvalue weighted by molar-refractivity contribution is 7.93. The number of sulfonamides is 2. The van der Waals surface area contributed by atoms with Gasteiger partial charge in [-0.15, -0.1) is 0 Å². The van der Waals surface area contributed by atoms with Crippen molar-refractivity contribution >= 4 is 31.2 Å². The van der Waals surface area contributed by atoms with Crippen LogP contribution < -0.4 is 20.7 Å². The maximum atomic E-state index is 11.6. The van der Waals surface area contributed by atoms with Gasteiger partial charge in [-0.3, -0.25) is 0 Å². The fraction of sp³-hybridized carbons (Fsp3) is 0.200. The van der Waals surface area contributed by atoms with Crippen LogP contribution in [0.2, 0.25) is 0 Å². The molecule has 6 nitrogen and oxygen atoms in total. The third-order valence-electron chi connectivity index (χ3n) is 4.88. The summed E-state index contributed by atoms with van der Waals surface area (Å²) < 4.78 is 46.6. The van der Waals surface area contributed by atoms with Gasteiger partial charge in [0.1, 0.15) is 0 Å². The normalized spacial score (nSPS) is 22.9. The van der Waals surface area contributed by atoms with E-state index in [2.05, 4.69) is 0 Å². The average molecular weight is 419 g/mol. The summed E-state index contributed by atoms with van der Waals surface area (Å²) in [4.78, 5) is 0.150. The van der Waals surface area contributed by atoms with E-state index in [-0.39, 0.29) is 21.6 Å². The minimum Gasteiger partial charge on any atom is -0.225 e. The lowest BCUT2D eigenvalue weighted by molar-refractivity contribution is 0.602. The minimum absolute atomic E-state index is 0.0365. The number of hydrogen-bond donors (Lipinski definition) is 2. The molecule has 0 spiro atoms. The topological polar surface area (TPSA) is 120 Å². The van der Waals surface area contributed by atoms with E-state index < -0.39 is 20.0 Å². The SMILES string of the molecule is CC1C=CC(S(N)(=O)=O)=CC1=c1ccc(=C2C=C(S(N)(=O)=O)C=CC2C)cc1. The number of hydrogen-bond acceptors (Lipinski definition) is 4. The lowest BCUT2D eigenvalue weighted by Gasteiger charge is -2.16. The van der Waals surface area contributed by atoms with E-state index in [1.807, 2.05) is 38.1 Å². The Balaban J connectivity index is 2.16. The van der Waals surface area contributed by atoms with Gasteiger partial charge < -0.3 is 0 Å². The predicted molar refractivity (Wildman–Crippen MR) is 111 cm³/mol. The summed E-state index contributed by atoms with van der Waals surface area (Å²) in [5.74, 6) is 0.0730. The van der Waals surface area contributed by atoms with Gasteiger partial charge in [0, 0.05) is 0 Å². The molecule has 28 heavy (non-hydrogen) atoms. The molecule has 8 heteroatoms. The molecule has 2 aliphatic carbocycles. The zero-order valence-electron chi connectivity index (χ0n) is 15.5. The van der Waals surface area contributed by atoms with Gasteiger partial charge in [0.2, 0.25) is 20.0 Å². The van der Waals surface area contributed by atoms with Gasteiger partial charge in [0.25, 0.3) is 0 Å². The second kappa shape index (κ2) is 7.29. The first-order chi connectivity index (χ1) is 13.0. The van der Waals surface area contributed by atoms with E-state index in [0.29, 0.717) is 0 Å². The van der Waals surface area contributed by atoms with Crippen LogP contribution in [0.25, 0.3) is 11.1 Å². The van der Waals surface area contributed by atoms with Gasteiger partial charge in [-0.1, -0.05) is 50.3 Å². The van der Waals surface area contributed by atoms with Crippen molar-refractivity contribution in [3.63, 3.8) is 0 Å². The zero-order chi connectivity index (χ0) is 20.7. The third kappa shape index (κ3) is 4.25. The van der Waals surface area contributed by atoms with Crippen LogP contribution in [0.5, 0.6) is 0 Å². The molecule has 2 atom stereocenters. The van der Waals surface area contributed by atoms with Crippen LogP contribution in [-0.2, 0) is 20.0 Å². The largest absolute Gasteiger partial charge is 0.238 e. The monoisotopic (exact) mass is 418 g/mol. The summed E-state index contributed by atoms with van der Waals surface area (Å²) in [5.41, 5.74) is 1.70. The highest BCUT2D eigenvalue weighted by Crippen LogP contribution is 2.25. The van der Waals surface area contributed by atoms with Crippen molar-refractivity contribution in [1.82, 2.24) is 0 Å². The predicted octanol–water partition coefficient (Wildman–Crippen LogP) is 0.745. The molecule has 4 N–H and O–H groups in total. The summed E-state index contributed by atoms with van der Waals surface area (Å²) >= 11 is 0. The van der Waals surface area contributed by atoms with E-state index in [1.165, 1.54) is 12.2 Å². The molecule has 0 amide bonds. The van der Waals surface area contributed by atoms with Gasteiger partial charge >= 0.3 is 0 Å². The molecule has 0 fully saturated rings. The first-order valence-corrected chi connectivity index (χ1v) is 11.8. The second-order valence-corrected chi connectivity index (χ2v) is 10.1. The van der Waals surface area contributed by atoms with E-state index in [0.717, 1.165) is 21.6 Å². The van der Waals surface area contributed by atoms with Crippen LogP contribution in [-0.4, -0.2) is 16.8 Å². The summed E-state index contributed by atoms with van der Waals surface area (Å²) in [5, 5.41) is 12.2. The number of rotatable bonds is 2. The van der Waals surface area contributed by atoms with E-state index in [4.69, 9.17) is 10.3 Å². The van der Waals surface area contributed by atoms with Crippen molar-refractivity contribution in [2.75, 3.05) is 0 Å². The van der Waals surface area contributed by atoms with Crippen molar-refractivity contribution in [1.29, 1.82) is 0 Å². The standard InChI is InChI=1S/C20H22N2O4S2/c1-13-3-9-17(27(21,23)24)11-19(13)15-5-7-16(8-6-15)20-12-18(28(22,25)26)10-4-14(20)2/h3-14H,1-2H3,(H2,21,23,24)(H2,22,25,26). The Kier molecular flexibility index (Phi) is 5.33. The second-order valence-electron chi connectivity index (χ2n) is 6.97. The molecule has 1 aromatic rings. The fourth-order valence-corrected chi connectivity index (χ4v) is 4.37. The Bertz CT molecular complexity index is 1160. The summed E-state index contributed by atoms with van der Waals surface area (Å²) in [6, 6.07) is 7.56. The number of benzene rings is 1. The summed E-state index contributed by atoms with van der Waals surface area (Å²) in [6.07, 6.45) is 9.81. The van der Waals surface area contributed by atoms with Crippen LogP contribution in [0.4, 0.5) is 0 Å². The number of allylic oxidation sites excluding steroid dienone is 6. The van der Waals surface area contributed by atoms with Gasteiger partial charge in [-0.05, 0) is 57.7 Å². The smallest absolute Gasteiger partial charge is 0.225 e. The van der Waals surface area contributed by atoms with Crippen LogP contribution in [0.1, 0.15) is 13.8 Å². The maximum absolute atomic E-state index is 11.6. The zero-order valence-corrected chi connectivity index (χ0v) is 17.2. The molecule has 2 unspecified atom stereocenters. The maximum Gasteiger partial charge on any atom is 0.238 e. The molecule has 3 rings (SSSR count). The molecule has 0 saturated carbocycles. The third-order valence-corrected chi connectivity index (χ3v) is 6.71. The highest BCUT2D eigenvalue weighted by atomic mass is 32.2. The molecule has 1 aromatic carbocycles. The lowest BCUT2D eigenvalue weighted by Crippen LogP contribution is -2.21. The van der Waals surface area contributed by atoms with Crippen LogP contribution in [0.3, 0.4) is 0 Å². The molecule has 2 aliphatic rings. The molecule has 0 radical (unpaired) electrons. The van der Waals surface area contributed by atoms with Gasteiger partial charge in [0.15, 0.2) is 0 Å². The van der Waals surface area contributed by atoms with E-state index >= 15 is 0 Å². The van der Waals surface area contributed by atoms with E-state index in [1.54, 1.807) is 24.3 Å². The summed E-state index contributed by atoms with van der Waals surface area (Å²) in [6.45, 7) is 3.94. The fourth-order valence-electron chi connectivity index (χ4n) is 3.25. The lowest BCUT2D eigenvalue weighted by atomic mass is 9.92. The molecule has 0 aromatic heterocycles. The van der Waals surface area contributed by atoms with E-state index in [9.17, 15) is 16.8 Å². The molecule has 0 saturated heterocycles.